The van der Waals surface area contributed by atoms with Crippen LogP contribution < -0.4 is 11.3 Å². The number of thioether (sulfide) groups is 1. The molecule has 0 aliphatic carbocycles. The Labute approximate surface area is 114 Å². The number of aryl methyl sites for hydroxylation is 2. The van der Waals surface area contributed by atoms with E-state index in [-0.39, 0.29) is 0 Å². The van der Waals surface area contributed by atoms with Gasteiger partial charge >= 0.3 is 0 Å². The molecule has 0 spiro atoms. The summed E-state index contributed by atoms with van der Waals surface area (Å²) >= 11 is 2.08. The summed E-state index contributed by atoms with van der Waals surface area (Å²) in [7, 11) is 2.05. The van der Waals surface area contributed by atoms with E-state index in [4.69, 9.17) is 5.84 Å². The summed E-state index contributed by atoms with van der Waals surface area (Å²) in [6.45, 7) is 0. The first kappa shape index (κ1) is 13.9. The van der Waals surface area contributed by atoms with Crippen LogP contribution in [0, 0.1) is 5.92 Å². The van der Waals surface area contributed by atoms with Crippen molar-refractivity contribution in [3.63, 3.8) is 0 Å². The smallest absolute Gasteiger partial charge is 0.108 e. The van der Waals surface area contributed by atoms with Gasteiger partial charge in [-0.3, -0.25) is 11.3 Å². The Kier molecular flexibility index (Phi) is 5.53. The summed E-state index contributed by atoms with van der Waals surface area (Å²) in [6.07, 6.45) is 9.85. The second-order valence-corrected chi connectivity index (χ2v) is 6.37. The molecule has 0 saturated carbocycles. The summed E-state index contributed by atoms with van der Waals surface area (Å²) in [4.78, 5) is 4.36. The Morgan fingerprint density at radius 3 is 2.94 bits per heavy atom. The highest BCUT2D eigenvalue weighted by Gasteiger charge is 2.18. The van der Waals surface area contributed by atoms with Gasteiger partial charge in [0, 0.05) is 31.9 Å². The minimum Gasteiger partial charge on any atom is -0.338 e. The molecule has 2 heterocycles. The van der Waals surface area contributed by atoms with Gasteiger partial charge in [0.2, 0.25) is 0 Å². The van der Waals surface area contributed by atoms with Crippen molar-refractivity contribution in [1.82, 2.24) is 15.0 Å². The van der Waals surface area contributed by atoms with E-state index in [1.807, 2.05) is 19.4 Å². The molecule has 1 saturated heterocycles. The van der Waals surface area contributed by atoms with Gasteiger partial charge in [-0.15, -0.1) is 0 Å². The van der Waals surface area contributed by atoms with E-state index in [2.05, 4.69) is 26.7 Å². The monoisotopic (exact) mass is 268 g/mol. The molecule has 5 heteroatoms. The standard InChI is InChI=1S/C13H24N4S/c1-17-7-6-15-13(17)3-2-12(16-14)10-11-4-8-18-9-5-11/h6-7,11-12,16H,2-5,8-10,14H2,1H3. The van der Waals surface area contributed by atoms with Gasteiger partial charge in [0.25, 0.3) is 0 Å². The molecule has 1 unspecified atom stereocenters. The molecule has 2 rings (SSSR count). The maximum Gasteiger partial charge on any atom is 0.108 e. The Morgan fingerprint density at radius 1 is 1.56 bits per heavy atom. The van der Waals surface area contributed by atoms with Crippen LogP contribution in [0.4, 0.5) is 0 Å². The van der Waals surface area contributed by atoms with Crippen molar-refractivity contribution in [2.75, 3.05) is 11.5 Å². The molecule has 1 aromatic heterocycles. The number of nitrogens with two attached hydrogens (primary N) is 1. The number of aromatic nitrogens is 2. The molecule has 1 aliphatic rings. The van der Waals surface area contributed by atoms with Crippen molar-refractivity contribution in [2.24, 2.45) is 18.8 Å². The normalized spacial score (nSPS) is 19.0. The number of rotatable bonds is 6. The lowest BCUT2D eigenvalue weighted by molar-refractivity contribution is 0.352. The maximum absolute atomic E-state index is 5.69. The predicted molar refractivity (Wildman–Crippen MR) is 77.3 cm³/mol. The fourth-order valence-electron chi connectivity index (χ4n) is 2.59. The number of nitrogens with zero attached hydrogens (tertiary/aromatic N) is 2. The van der Waals surface area contributed by atoms with Crippen LogP contribution in [0.25, 0.3) is 0 Å². The molecule has 4 nitrogen and oxygen atoms in total. The van der Waals surface area contributed by atoms with Crippen LogP contribution in [0.2, 0.25) is 0 Å². The molecule has 1 aromatic rings. The molecule has 1 aliphatic heterocycles. The largest absolute Gasteiger partial charge is 0.338 e. The summed E-state index contributed by atoms with van der Waals surface area (Å²) in [5, 5.41) is 0. The van der Waals surface area contributed by atoms with Gasteiger partial charge in [0.15, 0.2) is 0 Å². The Morgan fingerprint density at radius 2 is 2.33 bits per heavy atom. The van der Waals surface area contributed by atoms with Gasteiger partial charge in [0.1, 0.15) is 5.82 Å². The third kappa shape index (κ3) is 4.00. The van der Waals surface area contributed by atoms with Crippen LogP contribution in [0.1, 0.15) is 31.5 Å². The second kappa shape index (κ2) is 7.16. The van der Waals surface area contributed by atoms with Gasteiger partial charge < -0.3 is 4.57 Å². The molecule has 0 amide bonds. The first-order valence-electron chi connectivity index (χ1n) is 6.79. The molecule has 3 N–H and O–H groups in total. The van der Waals surface area contributed by atoms with E-state index in [1.165, 1.54) is 30.8 Å². The summed E-state index contributed by atoms with van der Waals surface area (Å²) < 4.78 is 2.09. The lowest BCUT2D eigenvalue weighted by Crippen LogP contribution is -2.37. The molecule has 18 heavy (non-hydrogen) atoms. The SMILES string of the molecule is Cn1ccnc1CCC(CC1CCSCC1)NN. The zero-order valence-corrected chi connectivity index (χ0v) is 12.0. The van der Waals surface area contributed by atoms with Gasteiger partial charge in [-0.25, -0.2) is 4.98 Å². The van der Waals surface area contributed by atoms with E-state index in [0.717, 1.165) is 24.6 Å². The number of imidazole rings is 1. The van der Waals surface area contributed by atoms with E-state index < -0.39 is 0 Å². The number of hydrazine groups is 1. The molecule has 0 bridgehead atoms. The lowest BCUT2D eigenvalue weighted by atomic mass is 9.92. The van der Waals surface area contributed by atoms with Crippen LogP contribution in [0.5, 0.6) is 0 Å². The quantitative estimate of drug-likeness (QED) is 0.609. The highest BCUT2D eigenvalue weighted by Crippen LogP contribution is 2.27. The van der Waals surface area contributed by atoms with Gasteiger partial charge in [-0.1, -0.05) is 0 Å². The van der Waals surface area contributed by atoms with Crippen molar-refractivity contribution in [3.8, 4) is 0 Å². The van der Waals surface area contributed by atoms with E-state index in [0.29, 0.717) is 6.04 Å². The molecular weight excluding hydrogens is 244 g/mol. The zero-order chi connectivity index (χ0) is 12.8. The topological polar surface area (TPSA) is 55.9 Å². The van der Waals surface area contributed by atoms with E-state index in [9.17, 15) is 0 Å². The number of nitrogens with one attached hydrogen (secondary N) is 1. The fraction of sp³-hybridized carbons (Fsp3) is 0.769. The first-order chi connectivity index (χ1) is 8.79. The highest BCUT2D eigenvalue weighted by molar-refractivity contribution is 7.99. The van der Waals surface area contributed by atoms with Crippen molar-refractivity contribution >= 4 is 11.8 Å². The van der Waals surface area contributed by atoms with Gasteiger partial charge in [-0.05, 0) is 43.1 Å². The van der Waals surface area contributed by atoms with Crippen LogP contribution in [0.3, 0.4) is 0 Å². The summed E-state index contributed by atoms with van der Waals surface area (Å²) in [5.74, 6) is 10.3. The van der Waals surface area contributed by atoms with Crippen molar-refractivity contribution in [3.05, 3.63) is 18.2 Å². The van der Waals surface area contributed by atoms with Crippen LogP contribution >= 0.6 is 11.8 Å². The minimum absolute atomic E-state index is 0.426. The van der Waals surface area contributed by atoms with E-state index >= 15 is 0 Å². The molecule has 1 atom stereocenters. The molecule has 102 valence electrons. The van der Waals surface area contributed by atoms with Gasteiger partial charge in [-0.2, -0.15) is 11.8 Å². The third-order valence-electron chi connectivity index (χ3n) is 3.83. The molecule has 1 fully saturated rings. The first-order valence-corrected chi connectivity index (χ1v) is 7.95. The van der Waals surface area contributed by atoms with Crippen LogP contribution in [-0.4, -0.2) is 27.1 Å². The van der Waals surface area contributed by atoms with Crippen LogP contribution in [-0.2, 0) is 13.5 Å². The fourth-order valence-corrected chi connectivity index (χ4v) is 3.80. The Hall–Kier alpha value is -0.520. The average Bonchev–Trinajstić information content (AvgIpc) is 2.81. The highest BCUT2D eigenvalue weighted by atomic mass is 32.2. The minimum atomic E-state index is 0.426. The third-order valence-corrected chi connectivity index (χ3v) is 4.88. The Bertz CT molecular complexity index is 347. The average molecular weight is 268 g/mol. The molecule has 0 radical (unpaired) electrons. The van der Waals surface area contributed by atoms with Crippen molar-refractivity contribution in [1.29, 1.82) is 0 Å². The second-order valence-electron chi connectivity index (χ2n) is 5.15. The maximum atomic E-state index is 5.69. The van der Waals surface area contributed by atoms with Gasteiger partial charge in [0.05, 0.1) is 0 Å². The zero-order valence-electron chi connectivity index (χ0n) is 11.1. The summed E-state index contributed by atoms with van der Waals surface area (Å²) in [5.41, 5.74) is 2.99. The summed E-state index contributed by atoms with van der Waals surface area (Å²) in [6, 6.07) is 0.426. The van der Waals surface area contributed by atoms with Crippen molar-refractivity contribution < 1.29 is 0 Å². The number of hydrogen-bond donors (Lipinski definition) is 2. The van der Waals surface area contributed by atoms with E-state index in [1.54, 1.807) is 0 Å². The van der Waals surface area contributed by atoms with Crippen molar-refractivity contribution in [2.45, 2.75) is 38.1 Å². The molecular formula is C13H24N4S. The number of hydrogen-bond acceptors (Lipinski definition) is 4. The Balaban J connectivity index is 1.76. The lowest BCUT2D eigenvalue weighted by Gasteiger charge is -2.25. The predicted octanol–water partition coefficient (Wildman–Crippen LogP) is 1.72. The molecule has 0 aromatic carbocycles. The van der Waals surface area contributed by atoms with Crippen LogP contribution in [0.15, 0.2) is 12.4 Å².